The van der Waals surface area contributed by atoms with E-state index in [2.05, 4.69) is 15.2 Å². The first-order chi connectivity index (χ1) is 15.5. The fraction of sp³-hybridized carbons (Fsp3) is 0.200. The standard InChI is InChI=1S/C25H27N3O4S/c1-17-21(25(2,3)4)16-15-20(22(17)29)24(30)27-26-23(18-11-7-5-8-12-18)28-33(31,32)19-13-9-6-10-14-19/h5-16,29H,1-4H3,(H,26,28)(H,27,30). The summed E-state index contributed by atoms with van der Waals surface area (Å²) in [5, 5.41) is 10.6. The minimum absolute atomic E-state index is 0.0256. The molecule has 0 saturated carbocycles. The SMILES string of the molecule is Cc1c(C(C)(C)C)ccc(C(=O)NN/C(=N/S(=O)(=O)c2ccccc2)c2ccccc2)c1O. The second-order valence-electron chi connectivity index (χ2n) is 8.56. The third-order valence-electron chi connectivity index (χ3n) is 5.08. The van der Waals surface area contributed by atoms with Crippen LogP contribution in [0.15, 0.2) is 82.1 Å². The summed E-state index contributed by atoms with van der Waals surface area (Å²) in [5.41, 5.74) is 6.92. The Balaban J connectivity index is 1.91. The maximum atomic E-state index is 12.8. The molecule has 0 radical (unpaired) electrons. The second kappa shape index (κ2) is 9.46. The van der Waals surface area contributed by atoms with E-state index in [4.69, 9.17) is 0 Å². The van der Waals surface area contributed by atoms with Crippen LogP contribution in [0.25, 0.3) is 0 Å². The molecule has 33 heavy (non-hydrogen) atoms. The van der Waals surface area contributed by atoms with Gasteiger partial charge in [0.15, 0.2) is 5.84 Å². The third kappa shape index (κ3) is 5.59. The molecular formula is C25H27N3O4S. The molecule has 0 fully saturated rings. The maximum absolute atomic E-state index is 12.8. The maximum Gasteiger partial charge on any atom is 0.284 e. The van der Waals surface area contributed by atoms with Gasteiger partial charge in [-0.2, -0.15) is 8.42 Å². The van der Waals surface area contributed by atoms with Gasteiger partial charge in [0.05, 0.1) is 10.5 Å². The van der Waals surface area contributed by atoms with E-state index in [0.29, 0.717) is 11.1 Å². The zero-order chi connectivity index (χ0) is 24.2. The van der Waals surface area contributed by atoms with Crippen LogP contribution < -0.4 is 10.9 Å². The van der Waals surface area contributed by atoms with E-state index in [-0.39, 0.29) is 27.5 Å². The molecule has 0 unspecified atom stereocenters. The highest BCUT2D eigenvalue weighted by Gasteiger charge is 2.22. The number of phenolic OH excluding ortho intramolecular Hbond substituents is 1. The molecule has 0 aromatic heterocycles. The largest absolute Gasteiger partial charge is 0.507 e. The van der Waals surface area contributed by atoms with Crippen LogP contribution in [0.2, 0.25) is 0 Å². The number of benzene rings is 3. The second-order valence-corrected chi connectivity index (χ2v) is 10.2. The van der Waals surface area contributed by atoms with Gasteiger partial charge in [0.25, 0.3) is 15.9 Å². The smallest absolute Gasteiger partial charge is 0.284 e. The lowest BCUT2D eigenvalue weighted by molar-refractivity contribution is 0.0941. The molecule has 8 heteroatoms. The van der Waals surface area contributed by atoms with Gasteiger partial charge in [-0.05, 0) is 41.7 Å². The van der Waals surface area contributed by atoms with E-state index in [0.717, 1.165) is 5.56 Å². The fourth-order valence-electron chi connectivity index (χ4n) is 3.39. The Morgan fingerprint density at radius 3 is 2.03 bits per heavy atom. The average molecular weight is 466 g/mol. The van der Waals surface area contributed by atoms with Gasteiger partial charge < -0.3 is 5.11 Å². The molecule has 0 aliphatic rings. The number of nitrogens with zero attached hydrogens (tertiary/aromatic N) is 1. The third-order valence-corrected chi connectivity index (χ3v) is 6.37. The summed E-state index contributed by atoms with van der Waals surface area (Å²) in [6.45, 7) is 7.81. The number of hydrogen-bond donors (Lipinski definition) is 3. The van der Waals surface area contributed by atoms with Crippen LogP contribution in [0.1, 0.15) is 47.8 Å². The van der Waals surface area contributed by atoms with Crippen LogP contribution in [-0.2, 0) is 15.4 Å². The molecule has 7 nitrogen and oxygen atoms in total. The summed E-state index contributed by atoms with van der Waals surface area (Å²) in [4.78, 5) is 12.8. The van der Waals surface area contributed by atoms with Crippen LogP contribution in [0.3, 0.4) is 0 Å². The molecule has 1 amide bonds. The summed E-state index contributed by atoms with van der Waals surface area (Å²) in [6.07, 6.45) is 0. The van der Waals surface area contributed by atoms with Crippen molar-refractivity contribution >= 4 is 21.8 Å². The first-order valence-electron chi connectivity index (χ1n) is 10.4. The van der Waals surface area contributed by atoms with Crippen molar-refractivity contribution in [1.82, 2.24) is 10.9 Å². The molecule has 0 aliphatic heterocycles. The van der Waals surface area contributed by atoms with Gasteiger partial charge in [-0.3, -0.25) is 15.6 Å². The molecule has 3 rings (SSSR count). The van der Waals surface area contributed by atoms with Crippen molar-refractivity contribution in [3.63, 3.8) is 0 Å². The van der Waals surface area contributed by atoms with Gasteiger partial charge in [0, 0.05) is 5.56 Å². The minimum atomic E-state index is -4.03. The molecule has 0 spiro atoms. The minimum Gasteiger partial charge on any atom is -0.507 e. The van der Waals surface area contributed by atoms with E-state index < -0.39 is 15.9 Å². The molecule has 3 aromatic carbocycles. The first kappa shape index (κ1) is 24.0. The molecule has 3 aromatic rings. The van der Waals surface area contributed by atoms with Crippen molar-refractivity contribution < 1.29 is 18.3 Å². The topological polar surface area (TPSA) is 108 Å². The van der Waals surface area contributed by atoms with Crippen molar-refractivity contribution in [1.29, 1.82) is 0 Å². The number of hydrogen-bond acceptors (Lipinski definition) is 4. The Bertz CT molecular complexity index is 1280. The highest BCUT2D eigenvalue weighted by molar-refractivity contribution is 7.90. The van der Waals surface area contributed by atoms with Crippen LogP contribution in [0.4, 0.5) is 0 Å². The van der Waals surface area contributed by atoms with E-state index in [1.54, 1.807) is 67.6 Å². The van der Waals surface area contributed by atoms with Crippen molar-refractivity contribution in [2.24, 2.45) is 4.40 Å². The monoisotopic (exact) mass is 465 g/mol. The number of carbonyl (C=O) groups is 1. The summed E-state index contributed by atoms with van der Waals surface area (Å²) < 4.78 is 29.5. The molecule has 0 heterocycles. The lowest BCUT2D eigenvalue weighted by atomic mass is 9.83. The zero-order valence-corrected chi connectivity index (χ0v) is 19.8. The number of carbonyl (C=O) groups excluding carboxylic acids is 1. The number of aromatic hydroxyl groups is 1. The highest BCUT2D eigenvalue weighted by Crippen LogP contribution is 2.32. The summed E-state index contributed by atoms with van der Waals surface area (Å²) in [7, 11) is -4.03. The molecule has 0 aliphatic carbocycles. The van der Waals surface area contributed by atoms with E-state index >= 15 is 0 Å². The van der Waals surface area contributed by atoms with Crippen molar-refractivity contribution in [2.75, 3.05) is 0 Å². The Kier molecular flexibility index (Phi) is 6.88. The number of hydrazine groups is 1. The van der Waals surface area contributed by atoms with E-state index in [1.807, 2.05) is 20.8 Å². The lowest BCUT2D eigenvalue weighted by Crippen LogP contribution is -2.42. The van der Waals surface area contributed by atoms with Crippen LogP contribution in [0, 0.1) is 6.92 Å². The van der Waals surface area contributed by atoms with E-state index in [1.165, 1.54) is 12.1 Å². The van der Waals surface area contributed by atoms with Crippen molar-refractivity contribution in [3.8, 4) is 5.75 Å². The number of nitrogens with one attached hydrogen (secondary N) is 2. The van der Waals surface area contributed by atoms with Gasteiger partial charge in [-0.25, -0.2) is 0 Å². The Hall–Kier alpha value is -3.65. The Morgan fingerprint density at radius 1 is 0.879 bits per heavy atom. The number of amides is 1. The van der Waals surface area contributed by atoms with Crippen molar-refractivity contribution in [3.05, 3.63) is 95.1 Å². The predicted octanol–water partition coefficient (Wildman–Crippen LogP) is 4.07. The van der Waals surface area contributed by atoms with Crippen molar-refractivity contribution in [2.45, 2.75) is 38.0 Å². The van der Waals surface area contributed by atoms with Gasteiger partial charge in [0.1, 0.15) is 5.75 Å². The summed E-state index contributed by atoms with van der Waals surface area (Å²) in [5.74, 6) is -0.816. The summed E-state index contributed by atoms with van der Waals surface area (Å²) in [6, 6.07) is 19.7. The molecule has 0 saturated heterocycles. The number of amidine groups is 1. The average Bonchev–Trinajstić information content (AvgIpc) is 2.78. The molecule has 0 atom stereocenters. The van der Waals surface area contributed by atoms with E-state index in [9.17, 15) is 18.3 Å². The summed E-state index contributed by atoms with van der Waals surface area (Å²) >= 11 is 0. The zero-order valence-electron chi connectivity index (χ0n) is 19.0. The Morgan fingerprint density at radius 2 is 1.45 bits per heavy atom. The van der Waals surface area contributed by atoms with Gasteiger partial charge in [-0.15, -0.1) is 4.40 Å². The number of phenols is 1. The molecule has 172 valence electrons. The van der Waals surface area contributed by atoms with Gasteiger partial charge in [-0.1, -0.05) is 75.4 Å². The number of sulfonamides is 1. The highest BCUT2D eigenvalue weighted by atomic mass is 32.2. The van der Waals surface area contributed by atoms with Crippen LogP contribution in [-0.4, -0.2) is 25.3 Å². The molecule has 3 N–H and O–H groups in total. The first-order valence-corrected chi connectivity index (χ1v) is 11.8. The molecular weight excluding hydrogens is 438 g/mol. The van der Waals surface area contributed by atoms with Gasteiger partial charge in [0.2, 0.25) is 0 Å². The Labute approximate surface area is 194 Å². The van der Waals surface area contributed by atoms with Crippen LogP contribution >= 0.6 is 0 Å². The molecule has 0 bridgehead atoms. The predicted molar refractivity (Wildman–Crippen MR) is 129 cm³/mol. The lowest BCUT2D eigenvalue weighted by Gasteiger charge is -2.23. The number of rotatable bonds is 4. The van der Waals surface area contributed by atoms with Gasteiger partial charge >= 0.3 is 0 Å². The normalized spacial score (nSPS) is 12.3. The fourth-order valence-corrected chi connectivity index (χ4v) is 4.39. The quantitative estimate of drug-likeness (QED) is 0.306. The van der Waals surface area contributed by atoms with Crippen LogP contribution in [0.5, 0.6) is 5.75 Å².